The lowest BCUT2D eigenvalue weighted by Gasteiger charge is -2.22. The summed E-state index contributed by atoms with van der Waals surface area (Å²) in [7, 11) is 0. The van der Waals surface area contributed by atoms with Crippen molar-refractivity contribution < 1.29 is 0 Å². The molecule has 0 N–H and O–H groups in total. The largest absolute Gasteiger partial charge is 0.228 e. The maximum atomic E-state index is 5.43. The fourth-order valence-corrected chi connectivity index (χ4v) is 9.28. The summed E-state index contributed by atoms with van der Waals surface area (Å²) in [5, 5.41) is 7.32. The van der Waals surface area contributed by atoms with Crippen LogP contribution in [0.4, 0.5) is 0 Å². The quantitative estimate of drug-likeness (QED) is 0.176. The molecule has 11 rings (SSSR count). The van der Waals surface area contributed by atoms with Gasteiger partial charge in [-0.05, 0) is 95.0 Å². The van der Waals surface area contributed by atoms with E-state index in [1.165, 1.54) is 60.3 Å². The third-order valence-electron chi connectivity index (χ3n) is 12.1. The highest BCUT2D eigenvalue weighted by atomic mass is 14.9. The first-order chi connectivity index (χ1) is 28.0. The van der Waals surface area contributed by atoms with Crippen molar-refractivity contribution in [2.75, 3.05) is 0 Å². The van der Waals surface area contributed by atoms with Crippen LogP contribution in [0.2, 0.25) is 0 Å². The molecule has 0 spiro atoms. The Bertz CT molecular complexity index is 3210. The van der Waals surface area contributed by atoms with Crippen molar-refractivity contribution in [1.29, 1.82) is 0 Å². The van der Waals surface area contributed by atoms with Gasteiger partial charge < -0.3 is 0 Å². The first-order valence-electron chi connectivity index (χ1n) is 19.7. The van der Waals surface area contributed by atoms with Crippen LogP contribution in [-0.2, 0) is 5.41 Å². The third-order valence-corrected chi connectivity index (χ3v) is 12.1. The molecular weight excluding hydrogens is 689 g/mol. The Labute approximate surface area is 332 Å². The molecule has 0 atom stereocenters. The van der Waals surface area contributed by atoms with Crippen LogP contribution in [0.15, 0.2) is 194 Å². The van der Waals surface area contributed by atoms with E-state index in [1.54, 1.807) is 0 Å². The molecule has 0 saturated carbocycles. The summed E-state index contributed by atoms with van der Waals surface area (Å²) >= 11 is 0. The summed E-state index contributed by atoms with van der Waals surface area (Å²) in [6.45, 7) is 4.73. The molecule has 0 unspecified atom stereocenters. The molecule has 1 aliphatic carbocycles. The van der Waals surface area contributed by atoms with E-state index in [9.17, 15) is 0 Å². The first kappa shape index (κ1) is 33.2. The standard InChI is InChI=1S/C55H38N2/c1-55(2)48-26-14-25-46(53(48)52-41-21-9-8-16-36(41)29-32-49(52)55)44-30-31-47(43-23-12-11-22-42(43)44)54-56-50(37-17-4-3-5-18-37)34-51(57-54)45-24-13-10-20-40(45)39-28-27-35-15-6-7-19-38(35)33-39/h3-34H,1-2H3. The average Bonchev–Trinajstić information content (AvgIpc) is 3.52. The van der Waals surface area contributed by atoms with E-state index in [-0.39, 0.29) is 5.41 Å². The number of nitrogens with zero attached hydrogens (tertiary/aromatic N) is 2. The average molecular weight is 727 g/mol. The Kier molecular flexibility index (Phi) is 7.55. The van der Waals surface area contributed by atoms with Gasteiger partial charge in [-0.2, -0.15) is 0 Å². The summed E-state index contributed by atoms with van der Waals surface area (Å²) in [6, 6.07) is 70.1. The number of benzene rings is 9. The molecule has 1 aromatic heterocycles. The van der Waals surface area contributed by atoms with Crippen LogP contribution < -0.4 is 0 Å². The van der Waals surface area contributed by atoms with Gasteiger partial charge in [0.05, 0.1) is 11.4 Å². The molecule has 268 valence electrons. The van der Waals surface area contributed by atoms with Crippen LogP contribution in [0.5, 0.6) is 0 Å². The van der Waals surface area contributed by atoms with Crippen LogP contribution in [-0.4, -0.2) is 9.97 Å². The molecule has 0 aliphatic heterocycles. The highest BCUT2D eigenvalue weighted by Gasteiger charge is 2.38. The topological polar surface area (TPSA) is 25.8 Å². The Hall–Kier alpha value is -7.16. The van der Waals surface area contributed by atoms with Gasteiger partial charge in [-0.3, -0.25) is 0 Å². The SMILES string of the molecule is CC1(C)c2cccc(-c3ccc(-c4nc(-c5ccccc5)cc(-c5ccccc5-c5ccc6ccccc6c5)n4)c4ccccc34)c2-c2c1ccc1ccccc21. The second kappa shape index (κ2) is 13.0. The smallest absolute Gasteiger partial charge is 0.161 e. The second-order valence-electron chi connectivity index (χ2n) is 15.7. The summed E-state index contributed by atoms with van der Waals surface area (Å²) in [4.78, 5) is 10.8. The molecular formula is C55H38N2. The maximum absolute atomic E-state index is 5.43. The van der Waals surface area contributed by atoms with Gasteiger partial charge >= 0.3 is 0 Å². The lowest BCUT2D eigenvalue weighted by atomic mass is 9.81. The fraction of sp³-hybridized carbons (Fsp3) is 0.0545. The van der Waals surface area contributed by atoms with E-state index in [2.05, 4.69) is 208 Å². The minimum absolute atomic E-state index is 0.119. The van der Waals surface area contributed by atoms with Crippen LogP contribution in [0.3, 0.4) is 0 Å². The van der Waals surface area contributed by atoms with Crippen molar-refractivity contribution in [2.45, 2.75) is 19.3 Å². The number of hydrogen-bond acceptors (Lipinski definition) is 2. The molecule has 1 aliphatic rings. The van der Waals surface area contributed by atoms with Crippen LogP contribution in [0.25, 0.3) is 99.6 Å². The third kappa shape index (κ3) is 5.33. The van der Waals surface area contributed by atoms with Crippen molar-refractivity contribution in [3.63, 3.8) is 0 Å². The monoisotopic (exact) mass is 726 g/mol. The number of aromatic nitrogens is 2. The molecule has 0 saturated heterocycles. The van der Waals surface area contributed by atoms with Crippen molar-refractivity contribution in [3.8, 4) is 67.3 Å². The zero-order chi connectivity index (χ0) is 38.1. The maximum Gasteiger partial charge on any atom is 0.161 e. The minimum atomic E-state index is -0.119. The Balaban J connectivity index is 1.12. The number of fused-ring (bicyclic) bond motifs is 7. The van der Waals surface area contributed by atoms with Crippen molar-refractivity contribution in [1.82, 2.24) is 9.97 Å². The van der Waals surface area contributed by atoms with E-state index < -0.39 is 0 Å². The minimum Gasteiger partial charge on any atom is -0.228 e. The first-order valence-corrected chi connectivity index (χ1v) is 19.7. The molecule has 0 fully saturated rings. The van der Waals surface area contributed by atoms with Crippen LogP contribution in [0, 0.1) is 0 Å². The van der Waals surface area contributed by atoms with Gasteiger partial charge in [0, 0.05) is 22.1 Å². The van der Waals surface area contributed by atoms with Gasteiger partial charge in [0.2, 0.25) is 0 Å². The van der Waals surface area contributed by atoms with Crippen LogP contribution >= 0.6 is 0 Å². The highest BCUT2D eigenvalue weighted by Crippen LogP contribution is 2.55. The number of rotatable bonds is 5. The fourth-order valence-electron chi connectivity index (χ4n) is 9.28. The zero-order valence-electron chi connectivity index (χ0n) is 31.9. The normalized spacial score (nSPS) is 12.9. The summed E-state index contributed by atoms with van der Waals surface area (Å²) in [5.74, 6) is 0.707. The van der Waals surface area contributed by atoms with E-state index in [4.69, 9.17) is 9.97 Å². The summed E-state index contributed by atoms with van der Waals surface area (Å²) in [5.41, 5.74) is 15.0. The summed E-state index contributed by atoms with van der Waals surface area (Å²) in [6.07, 6.45) is 0. The van der Waals surface area contributed by atoms with Crippen molar-refractivity contribution in [3.05, 3.63) is 205 Å². The molecule has 57 heavy (non-hydrogen) atoms. The van der Waals surface area contributed by atoms with E-state index in [0.29, 0.717) is 5.82 Å². The molecule has 1 heterocycles. The molecule has 10 aromatic rings. The Morgan fingerprint density at radius 2 is 0.930 bits per heavy atom. The molecule has 0 bridgehead atoms. The van der Waals surface area contributed by atoms with Gasteiger partial charge in [-0.1, -0.05) is 190 Å². The van der Waals surface area contributed by atoms with E-state index >= 15 is 0 Å². The van der Waals surface area contributed by atoms with Gasteiger partial charge in [0.15, 0.2) is 5.82 Å². The van der Waals surface area contributed by atoms with Gasteiger partial charge in [0.25, 0.3) is 0 Å². The van der Waals surface area contributed by atoms with Gasteiger partial charge in [0.1, 0.15) is 0 Å². The lowest BCUT2D eigenvalue weighted by Crippen LogP contribution is -2.14. The molecule has 0 radical (unpaired) electrons. The predicted octanol–water partition coefficient (Wildman–Crippen LogP) is 14.6. The molecule has 2 heteroatoms. The second-order valence-corrected chi connectivity index (χ2v) is 15.7. The molecule has 2 nitrogen and oxygen atoms in total. The van der Waals surface area contributed by atoms with E-state index in [1.807, 2.05) is 0 Å². The van der Waals surface area contributed by atoms with Crippen molar-refractivity contribution >= 4 is 32.3 Å². The molecule has 0 amide bonds. The van der Waals surface area contributed by atoms with Crippen LogP contribution in [0.1, 0.15) is 25.0 Å². The highest BCUT2D eigenvalue weighted by molar-refractivity contribution is 6.11. The molecule has 9 aromatic carbocycles. The Morgan fingerprint density at radius 1 is 0.333 bits per heavy atom. The zero-order valence-corrected chi connectivity index (χ0v) is 31.9. The Morgan fingerprint density at radius 3 is 1.75 bits per heavy atom. The summed E-state index contributed by atoms with van der Waals surface area (Å²) < 4.78 is 0. The van der Waals surface area contributed by atoms with Gasteiger partial charge in [-0.25, -0.2) is 9.97 Å². The number of hydrogen-bond donors (Lipinski definition) is 0. The van der Waals surface area contributed by atoms with Crippen molar-refractivity contribution in [2.24, 2.45) is 0 Å². The lowest BCUT2D eigenvalue weighted by molar-refractivity contribution is 0.661. The van der Waals surface area contributed by atoms with Gasteiger partial charge in [-0.15, -0.1) is 0 Å². The predicted molar refractivity (Wildman–Crippen MR) is 239 cm³/mol. The van der Waals surface area contributed by atoms with E-state index in [0.717, 1.165) is 44.6 Å².